The Labute approximate surface area is 191 Å². The minimum atomic E-state index is -2.13. The number of hydrogen-bond acceptors (Lipinski definition) is 2. The molecule has 1 aliphatic carbocycles. The molecule has 1 aromatic carbocycles. The summed E-state index contributed by atoms with van der Waals surface area (Å²) in [6.07, 6.45) is 8.59. The molecule has 2 aliphatic rings. The van der Waals surface area contributed by atoms with E-state index in [1.54, 1.807) is 7.11 Å². The normalized spacial score (nSPS) is 26.0. The maximum absolute atomic E-state index is 14.2. The van der Waals surface area contributed by atoms with Crippen LogP contribution in [-0.2, 0) is 4.74 Å². The quantitative estimate of drug-likeness (QED) is 0.150. The molecule has 0 atom stereocenters. The molecule has 2 fully saturated rings. The van der Waals surface area contributed by atoms with Gasteiger partial charge in [0.2, 0.25) is 0 Å². The third-order valence-corrected chi connectivity index (χ3v) is 11.1. The number of hydrogen-bond donors (Lipinski definition) is 0. The Bertz CT molecular complexity index is 714. The van der Waals surface area contributed by atoms with Gasteiger partial charge in [0.1, 0.15) is 0 Å². The number of unbranched alkanes of at least 4 members (excludes halogenated alkanes) is 2. The van der Waals surface area contributed by atoms with E-state index in [1.807, 2.05) is 0 Å². The predicted octanol–water partition coefficient (Wildman–Crippen LogP) is 7.81. The van der Waals surface area contributed by atoms with Crippen molar-refractivity contribution >= 4 is 8.80 Å². The number of ether oxygens (including phenoxy) is 2. The fraction of sp³-hybridized carbons (Fsp3) is 0.680. The minimum absolute atomic E-state index is 0.0609. The molecule has 0 aromatic heterocycles. The molecule has 1 saturated heterocycles. The first-order valence-electron chi connectivity index (χ1n) is 12.1. The summed E-state index contributed by atoms with van der Waals surface area (Å²) in [6, 6.07) is 6.92. The molecule has 0 bridgehead atoms. The zero-order valence-electron chi connectivity index (χ0n) is 19.1. The van der Waals surface area contributed by atoms with Crippen LogP contribution in [0.3, 0.4) is 0 Å². The highest BCUT2D eigenvalue weighted by atomic mass is 28.3. The minimum Gasteiger partial charge on any atom is -0.453 e. The van der Waals surface area contributed by atoms with Gasteiger partial charge in [-0.05, 0) is 67.6 Å². The zero-order chi connectivity index (χ0) is 22.9. The topological polar surface area (TPSA) is 18.5 Å². The van der Waals surface area contributed by atoms with Crippen LogP contribution in [0.1, 0.15) is 69.3 Å². The summed E-state index contributed by atoms with van der Waals surface area (Å²) in [4.78, 5) is 0. The summed E-state index contributed by atoms with van der Waals surface area (Å²) in [7, 11) is 1.22. The molecule has 1 heterocycles. The van der Waals surface area contributed by atoms with E-state index in [2.05, 4.69) is 4.74 Å². The molecule has 0 N–H and O–H groups in total. The van der Waals surface area contributed by atoms with E-state index in [0.29, 0.717) is 5.56 Å². The lowest BCUT2D eigenvalue weighted by molar-refractivity contribution is 0.192. The molecule has 1 aliphatic heterocycles. The van der Waals surface area contributed by atoms with E-state index >= 15 is 0 Å². The highest BCUT2D eigenvalue weighted by molar-refractivity contribution is 6.58. The Hall–Kier alpha value is -1.34. The van der Waals surface area contributed by atoms with Crippen LogP contribution in [0, 0.1) is 23.5 Å². The Morgan fingerprint density at radius 3 is 2.16 bits per heavy atom. The molecule has 1 saturated carbocycles. The van der Waals surface area contributed by atoms with Gasteiger partial charge in [0.25, 0.3) is 0 Å². The van der Waals surface area contributed by atoms with Crippen molar-refractivity contribution in [2.75, 3.05) is 13.7 Å². The Kier molecular flexibility index (Phi) is 10.1. The number of benzene rings is 1. The van der Waals surface area contributed by atoms with Crippen molar-refractivity contribution in [3.63, 3.8) is 0 Å². The molecule has 0 unspecified atom stereocenters. The Morgan fingerprint density at radius 2 is 1.56 bits per heavy atom. The summed E-state index contributed by atoms with van der Waals surface area (Å²) in [5.41, 5.74) is 0.611. The second-order valence-corrected chi connectivity index (χ2v) is 13.0. The SMILES string of the molecule is COCCCCC[SiH]1CCC(C2CCC(c3cc(F)c(OC=C(F)F)c(F)c3)CC2)CC1. The third kappa shape index (κ3) is 7.34. The van der Waals surface area contributed by atoms with Crippen LogP contribution < -0.4 is 4.74 Å². The molecule has 7 heteroatoms. The van der Waals surface area contributed by atoms with Crippen molar-refractivity contribution in [1.29, 1.82) is 0 Å². The number of halogens is 4. The molecule has 1 aromatic rings. The highest BCUT2D eigenvalue weighted by Crippen LogP contribution is 2.44. The summed E-state index contributed by atoms with van der Waals surface area (Å²) >= 11 is 0. The van der Waals surface area contributed by atoms with Crippen molar-refractivity contribution in [2.24, 2.45) is 11.8 Å². The van der Waals surface area contributed by atoms with Crippen molar-refractivity contribution < 1.29 is 27.0 Å². The molecule has 32 heavy (non-hydrogen) atoms. The first-order valence-corrected chi connectivity index (χ1v) is 14.6. The number of methoxy groups -OCH3 is 1. The van der Waals surface area contributed by atoms with Crippen molar-refractivity contribution in [3.8, 4) is 5.75 Å². The molecule has 0 radical (unpaired) electrons. The van der Waals surface area contributed by atoms with Crippen molar-refractivity contribution in [3.05, 3.63) is 41.7 Å². The summed E-state index contributed by atoms with van der Waals surface area (Å²) in [5, 5.41) is 0. The summed E-state index contributed by atoms with van der Waals surface area (Å²) < 4.78 is 62.3. The van der Waals surface area contributed by atoms with Gasteiger partial charge in [-0.2, -0.15) is 8.78 Å². The zero-order valence-corrected chi connectivity index (χ0v) is 20.2. The second kappa shape index (κ2) is 12.8. The Balaban J connectivity index is 1.43. The molecule has 2 nitrogen and oxygen atoms in total. The molecule has 0 amide bonds. The monoisotopic (exact) mass is 472 g/mol. The lowest BCUT2D eigenvalue weighted by Crippen LogP contribution is -2.28. The van der Waals surface area contributed by atoms with Crippen LogP contribution in [0.4, 0.5) is 17.6 Å². The fourth-order valence-corrected chi connectivity index (χ4v) is 9.29. The van der Waals surface area contributed by atoms with E-state index in [4.69, 9.17) is 4.74 Å². The van der Waals surface area contributed by atoms with E-state index < -0.39 is 32.3 Å². The maximum atomic E-state index is 14.2. The predicted molar refractivity (Wildman–Crippen MR) is 122 cm³/mol. The average molecular weight is 473 g/mol. The van der Waals surface area contributed by atoms with Gasteiger partial charge >= 0.3 is 6.08 Å². The molecule has 3 rings (SSSR count). The van der Waals surface area contributed by atoms with Crippen molar-refractivity contribution in [2.45, 2.75) is 81.8 Å². The largest absolute Gasteiger partial charge is 0.453 e. The first-order chi connectivity index (χ1) is 15.5. The van der Waals surface area contributed by atoms with Gasteiger partial charge in [0.15, 0.2) is 23.6 Å². The highest BCUT2D eigenvalue weighted by Gasteiger charge is 2.32. The summed E-state index contributed by atoms with van der Waals surface area (Å²) in [5.74, 6) is -0.946. The summed E-state index contributed by atoms with van der Waals surface area (Å²) in [6.45, 7) is 0.880. The van der Waals surface area contributed by atoms with Gasteiger partial charge in [0, 0.05) is 22.5 Å². The lowest BCUT2D eigenvalue weighted by atomic mass is 9.72. The first kappa shape index (κ1) is 25.3. The van der Waals surface area contributed by atoms with Crippen LogP contribution in [0.25, 0.3) is 0 Å². The van der Waals surface area contributed by atoms with E-state index in [1.165, 1.54) is 62.4 Å². The maximum Gasteiger partial charge on any atom is 0.305 e. The van der Waals surface area contributed by atoms with Crippen LogP contribution in [0.2, 0.25) is 18.1 Å². The smallest absolute Gasteiger partial charge is 0.305 e. The molecular weight excluding hydrogens is 436 g/mol. The third-order valence-electron chi connectivity index (χ3n) is 7.55. The van der Waals surface area contributed by atoms with Crippen LogP contribution in [-0.4, -0.2) is 22.5 Å². The average Bonchev–Trinajstić information content (AvgIpc) is 2.78. The van der Waals surface area contributed by atoms with E-state index in [0.717, 1.165) is 44.1 Å². The fourth-order valence-electron chi connectivity index (χ4n) is 5.76. The van der Waals surface area contributed by atoms with Gasteiger partial charge in [-0.25, -0.2) is 8.78 Å². The van der Waals surface area contributed by atoms with Gasteiger partial charge in [-0.1, -0.05) is 43.8 Å². The standard InChI is InChI=1S/C25H36F4O2Si/c1-30-11-3-2-4-12-32-13-9-20(10-14-32)18-5-7-19(8-6-18)21-15-22(26)25(23(27)16-21)31-17-24(28)29/h15-20,32H,2-14H2,1H3. The van der Waals surface area contributed by atoms with Crippen LogP contribution in [0.15, 0.2) is 24.5 Å². The number of rotatable bonds is 10. The van der Waals surface area contributed by atoms with Crippen LogP contribution >= 0.6 is 0 Å². The van der Waals surface area contributed by atoms with E-state index in [9.17, 15) is 17.6 Å². The second-order valence-electron chi connectivity index (χ2n) is 9.57. The van der Waals surface area contributed by atoms with Gasteiger partial charge in [-0.15, -0.1) is 0 Å². The van der Waals surface area contributed by atoms with Gasteiger partial charge in [0.05, 0.1) is 0 Å². The van der Waals surface area contributed by atoms with Gasteiger partial charge in [-0.3, -0.25) is 0 Å². The van der Waals surface area contributed by atoms with Crippen LogP contribution in [0.5, 0.6) is 5.75 Å². The molecule has 180 valence electrons. The van der Waals surface area contributed by atoms with Crippen molar-refractivity contribution in [1.82, 2.24) is 0 Å². The van der Waals surface area contributed by atoms with Gasteiger partial charge < -0.3 is 9.47 Å². The molecule has 0 spiro atoms. The molecular formula is C25H36F4O2Si. The lowest BCUT2D eigenvalue weighted by Gasteiger charge is -2.37. The Morgan fingerprint density at radius 1 is 0.938 bits per heavy atom. The van der Waals surface area contributed by atoms with E-state index in [-0.39, 0.29) is 12.2 Å².